The molecule has 0 heterocycles. The molecule has 1 aromatic rings. The van der Waals surface area contributed by atoms with Gasteiger partial charge in [0.05, 0.1) is 11.3 Å². The molecule has 1 aromatic carbocycles. The second kappa shape index (κ2) is 5.88. The summed E-state index contributed by atoms with van der Waals surface area (Å²) in [5, 5.41) is 14.4. The molecule has 0 saturated heterocycles. The number of hydrogen-bond acceptors (Lipinski definition) is 2. The van der Waals surface area contributed by atoms with Crippen LogP contribution in [0.15, 0.2) is 34.8 Å². The summed E-state index contributed by atoms with van der Waals surface area (Å²) in [5.41, 5.74) is 0.560. The van der Waals surface area contributed by atoms with Crippen LogP contribution >= 0.6 is 15.9 Å². The number of nitrogens with one attached hydrogen (secondary N) is 2. The third kappa shape index (κ3) is 3.57. The number of urea groups is 1. The Kier molecular flexibility index (Phi) is 4.21. The molecule has 1 aliphatic carbocycles. The number of anilines is 1. The third-order valence-electron chi connectivity index (χ3n) is 2.80. The van der Waals surface area contributed by atoms with Crippen molar-refractivity contribution in [3.8, 4) is 0 Å². The van der Waals surface area contributed by atoms with Crippen molar-refractivity contribution in [1.29, 1.82) is 0 Å². The van der Waals surface area contributed by atoms with Gasteiger partial charge in [-0.1, -0.05) is 12.2 Å². The number of rotatable bonds is 3. The van der Waals surface area contributed by atoms with Gasteiger partial charge in [0.2, 0.25) is 0 Å². The predicted octanol–water partition coefficient (Wildman–Crippen LogP) is 2.99. The first-order chi connectivity index (χ1) is 9.06. The van der Waals surface area contributed by atoms with Gasteiger partial charge in [0, 0.05) is 10.5 Å². The van der Waals surface area contributed by atoms with Crippen LogP contribution in [-0.2, 0) is 0 Å². The highest BCUT2D eigenvalue weighted by atomic mass is 79.9. The average molecular weight is 325 g/mol. The maximum absolute atomic E-state index is 11.8. The van der Waals surface area contributed by atoms with E-state index in [0.29, 0.717) is 10.2 Å². The molecule has 0 fully saturated rings. The molecule has 0 atom stereocenters. The fourth-order valence-corrected chi connectivity index (χ4v) is 2.18. The van der Waals surface area contributed by atoms with E-state index in [-0.39, 0.29) is 17.6 Å². The first kappa shape index (κ1) is 13.6. The lowest BCUT2D eigenvalue weighted by Gasteiger charge is -2.14. The van der Waals surface area contributed by atoms with Gasteiger partial charge in [-0.05, 0) is 47.0 Å². The fourth-order valence-electron chi connectivity index (χ4n) is 1.83. The Labute approximate surface area is 118 Å². The van der Waals surface area contributed by atoms with E-state index in [9.17, 15) is 9.59 Å². The van der Waals surface area contributed by atoms with E-state index in [4.69, 9.17) is 5.11 Å². The number of carbonyl (C=O) groups excluding carboxylic acids is 1. The van der Waals surface area contributed by atoms with Crippen LogP contribution in [0, 0.1) is 0 Å². The van der Waals surface area contributed by atoms with Crippen molar-refractivity contribution in [2.75, 3.05) is 5.32 Å². The maximum Gasteiger partial charge on any atom is 0.335 e. The van der Waals surface area contributed by atoms with E-state index in [2.05, 4.69) is 26.6 Å². The SMILES string of the molecule is O=C(Nc1cc(C(=O)O)ccc1Br)NC1CC=CC1. The van der Waals surface area contributed by atoms with Crippen molar-refractivity contribution >= 4 is 33.6 Å². The molecule has 2 rings (SSSR count). The highest BCUT2D eigenvalue weighted by Crippen LogP contribution is 2.23. The first-order valence-electron chi connectivity index (χ1n) is 5.81. The van der Waals surface area contributed by atoms with Crippen LogP contribution in [0.1, 0.15) is 23.2 Å². The van der Waals surface area contributed by atoms with Crippen LogP contribution in [0.25, 0.3) is 0 Å². The molecule has 5 nitrogen and oxygen atoms in total. The largest absolute Gasteiger partial charge is 0.478 e. The third-order valence-corrected chi connectivity index (χ3v) is 3.50. The van der Waals surface area contributed by atoms with E-state index >= 15 is 0 Å². The Balaban J connectivity index is 2.03. The van der Waals surface area contributed by atoms with Gasteiger partial charge in [0.25, 0.3) is 0 Å². The number of amides is 2. The molecule has 0 unspecified atom stereocenters. The number of benzene rings is 1. The predicted molar refractivity (Wildman–Crippen MR) is 75.4 cm³/mol. The van der Waals surface area contributed by atoms with E-state index in [0.717, 1.165) is 12.8 Å². The highest BCUT2D eigenvalue weighted by molar-refractivity contribution is 9.10. The van der Waals surface area contributed by atoms with Crippen molar-refractivity contribution in [3.63, 3.8) is 0 Å². The summed E-state index contributed by atoms with van der Waals surface area (Å²) in [6.07, 6.45) is 5.69. The molecule has 0 radical (unpaired) electrons. The van der Waals surface area contributed by atoms with Gasteiger partial charge in [0.15, 0.2) is 0 Å². The Hall–Kier alpha value is -1.82. The van der Waals surface area contributed by atoms with Crippen molar-refractivity contribution < 1.29 is 14.7 Å². The topological polar surface area (TPSA) is 78.4 Å². The van der Waals surface area contributed by atoms with Crippen molar-refractivity contribution in [3.05, 3.63) is 40.4 Å². The summed E-state index contributed by atoms with van der Waals surface area (Å²) in [6.45, 7) is 0. The molecular formula is C13H13BrN2O3. The number of halogens is 1. The summed E-state index contributed by atoms with van der Waals surface area (Å²) in [5.74, 6) is -1.03. The average Bonchev–Trinajstić information content (AvgIpc) is 2.84. The molecular weight excluding hydrogens is 312 g/mol. The van der Waals surface area contributed by atoms with Gasteiger partial charge < -0.3 is 15.7 Å². The summed E-state index contributed by atoms with van der Waals surface area (Å²) in [4.78, 5) is 22.7. The summed E-state index contributed by atoms with van der Waals surface area (Å²) in [7, 11) is 0. The van der Waals surface area contributed by atoms with Gasteiger partial charge in [-0.3, -0.25) is 0 Å². The van der Waals surface area contributed by atoms with Crippen LogP contribution in [0.4, 0.5) is 10.5 Å². The van der Waals surface area contributed by atoms with Crippen LogP contribution < -0.4 is 10.6 Å². The first-order valence-corrected chi connectivity index (χ1v) is 6.61. The molecule has 6 heteroatoms. The van der Waals surface area contributed by atoms with Crippen LogP contribution in [0.2, 0.25) is 0 Å². The van der Waals surface area contributed by atoms with Crippen molar-refractivity contribution in [1.82, 2.24) is 5.32 Å². The summed E-state index contributed by atoms with van der Waals surface area (Å²) >= 11 is 3.27. The monoisotopic (exact) mass is 324 g/mol. The molecule has 19 heavy (non-hydrogen) atoms. The Morgan fingerprint density at radius 3 is 2.58 bits per heavy atom. The van der Waals surface area contributed by atoms with Gasteiger partial charge in [0.1, 0.15) is 0 Å². The van der Waals surface area contributed by atoms with E-state index in [1.165, 1.54) is 12.1 Å². The zero-order valence-electron chi connectivity index (χ0n) is 10.0. The van der Waals surface area contributed by atoms with E-state index in [1.807, 2.05) is 12.2 Å². The second-order valence-corrected chi connectivity index (χ2v) is 5.09. The molecule has 0 aliphatic heterocycles. The molecule has 2 amide bonds. The smallest absolute Gasteiger partial charge is 0.335 e. The summed E-state index contributed by atoms with van der Waals surface area (Å²) in [6, 6.07) is 4.25. The van der Waals surface area contributed by atoms with Crippen molar-refractivity contribution in [2.24, 2.45) is 0 Å². The molecule has 3 N–H and O–H groups in total. The molecule has 0 bridgehead atoms. The van der Waals surface area contributed by atoms with Gasteiger partial charge in [-0.25, -0.2) is 9.59 Å². The molecule has 0 saturated carbocycles. The van der Waals surface area contributed by atoms with E-state index in [1.54, 1.807) is 6.07 Å². The molecule has 0 aromatic heterocycles. The Morgan fingerprint density at radius 1 is 1.26 bits per heavy atom. The lowest BCUT2D eigenvalue weighted by atomic mass is 10.2. The zero-order chi connectivity index (χ0) is 13.8. The number of aromatic carboxylic acids is 1. The normalized spacial score (nSPS) is 14.4. The molecule has 100 valence electrons. The van der Waals surface area contributed by atoms with Gasteiger partial charge >= 0.3 is 12.0 Å². The minimum Gasteiger partial charge on any atom is -0.478 e. The number of hydrogen-bond donors (Lipinski definition) is 3. The van der Waals surface area contributed by atoms with Crippen LogP contribution in [0.5, 0.6) is 0 Å². The van der Waals surface area contributed by atoms with E-state index < -0.39 is 5.97 Å². The summed E-state index contributed by atoms with van der Waals surface area (Å²) < 4.78 is 0.636. The van der Waals surface area contributed by atoms with Gasteiger partial charge in [-0.2, -0.15) is 0 Å². The minimum absolute atomic E-state index is 0.112. The van der Waals surface area contributed by atoms with Crippen LogP contribution in [-0.4, -0.2) is 23.1 Å². The standard InChI is InChI=1S/C13H13BrN2O3/c14-10-6-5-8(12(17)18)7-11(10)16-13(19)15-9-3-1-2-4-9/h1-2,5-7,9H,3-4H2,(H,17,18)(H2,15,16,19). The number of carboxylic acid groups (broad SMARTS) is 1. The molecule has 1 aliphatic rings. The lowest BCUT2D eigenvalue weighted by molar-refractivity contribution is 0.0697. The zero-order valence-corrected chi connectivity index (χ0v) is 11.6. The lowest BCUT2D eigenvalue weighted by Crippen LogP contribution is -2.36. The van der Waals surface area contributed by atoms with Crippen molar-refractivity contribution in [2.45, 2.75) is 18.9 Å². The number of carbonyl (C=O) groups is 2. The second-order valence-electron chi connectivity index (χ2n) is 4.24. The maximum atomic E-state index is 11.8. The number of carboxylic acids is 1. The fraction of sp³-hybridized carbons (Fsp3) is 0.231. The Bertz CT molecular complexity index is 535. The van der Waals surface area contributed by atoms with Crippen LogP contribution in [0.3, 0.4) is 0 Å². The quantitative estimate of drug-likeness (QED) is 0.748. The highest BCUT2D eigenvalue weighted by Gasteiger charge is 2.14. The molecule has 0 spiro atoms. The minimum atomic E-state index is -1.03. The Morgan fingerprint density at radius 2 is 1.95 bits per heavy atom. The van der Waals surface area contributed by atoms with Gasteiger partial charge in [-0.15, -0.1) is 0 Å².